The lowest BCUT2D eigenvalue weighted by atomic mass is 9.92. The second-order valence-corrected chi connectivity index (χ2v) is 9.57. The maximum atomic E-state index is 6.89. The molecule has 2 nitrogen and oxygen atoms in total. The minimum atomic E-state index is 0.193. The van der Waals surface area contributed by atoms with Crippen LogP contribution < -0.4 is 5.32 Å². The van der Waals surface area contributed by atoms with Crippen molar-refractivity contribution >= 4 is 23.0 Å². The minimum Gasteiger partial charge on any atom is -0.310 e. The summed E-state index contributed by atoms with van der Waals surface area (Å²) in [4.78, 5) is 0. The Kier molecular flexibility index (Phi) is 9.27. The maximum Gasteiger partial charge on any atom is 0.208 e. The average molecular weight is 474 g/mol. The number of hydrogen-bond donors (Lipinski definition) is 1. The van der Waals surface area contributed by atoms with E-state index >= 15 is 0 Å². The SMILES string of the molecule is CNC(/C(C)=C/C=C1\CCCC(/C=C/C(C)=[N+](\C)c2ccccc2C)=C1Cl)c1ccccc1C. The van der Waals surface area contributed by atoms with Crippen molar-refractivity contribution in [3.05, 3.63) is 111 Å². The van der Waals surface area contributed by atoms with Crippen molar-refractivity contribution in [1.29, 1.82) is 0 Å². The van der Waals surface area contributed by atoms with E-state index in [9.17, 15) is 0 Å². The first-order valence-electron chi connectivity index (χ1n) is 12.1. The molecule has 0 spiro atoms. The zero-order chi connectivity index (χ0) is 24.7. The van der Waals surface area contributed by atoms with E-state index in [2.05, 4.69) is 117 Å². The number of allylic oxidation sites excluding steroid dienone is 7. The predicted molar refractivity (Wildman–Crippen MR) is 148 cm³/mol. The van der Waals surface area contributed by atoms with Gasteiger partial charge in [-0.25, -0.2) is 0 Å². The minimum absolute atomic E-state index is 0.193. The molecule has 2 aromatic carbocycles. The summed E-state index contributed by atoms with van der Waals surface area (Å²) in [6.45, 7) is 8.65. The molecular weight excluding hydrogens is 436 g/mol. The molecule has 1 aliphatic rings. The van der Waals surface area contributed by atoms with E-state index in [0.717, 1.165) is 24.3 Å². The number of rotatable bonds is 7. The number of aryl methyl sites for hydroxylation is 2. The first-order chi connectivity index (χ1) is 16.3. The monoisotopic (exact) mass is 473 g/mol. The Morgan fingerprint density at radius 3 is 2.35 bits per heavy atom. The molecule has 0 bridgehead atoms. The van der Waals surface area contributed by atoms with Crippen LogP contribution in [0.5, 0.6) is 0 Å². The van der Waals surface area contributed by atoms with Gasteiger partial charge < -0.3 is 5.32 Å². The third-order valence-electron chi connectivity index (χ3n) is 6.78. The van der Waals surface area contributed by atoms with Gasteiger partial charge in [-0.2, -0.15) is 4.58 Å². The van der Waals surface area contributed by atoms with Crippen LogP contribution in [0.1, 0.15) is 55.8 Å². The van der Waals surface area contributed by atoms with E-state index < -0.39 is 0 Å². The highest BCUT2D eigenvalue weighted by molar-refractivity contribution is 6.32. The van der Waals surface area contributed by atoms with Crippen molar-refractivity contribution < 1.29 is 4.58 Å². The van der Waals surface area contributed by atoms with Gasteiger partial charge in [-0.1, -0.05) is 77.9 Å². The summed E-state index contributed by atoms with van der Waals surface area (Å²) in [6.07, 6.45) is 12.0. The fraction of sp³-hybridized carbons (Fsp3) is 0.323. The van der Waals surface area contributed by atoms with Crippen LogP contribution in [0.3, 0.4) is 0 Å². The highest BCUT2D eigenvalue weighted by Crippen LogP contribution is 2.34. The van der Waals surface area contributed by atoms with Crippen LogP contribution in [-0.4, -0.2) is 24.4 Å². The van der Waals surface area contributed by atoms with Gasteiger partial charge in [-0.05, 0) is 69.4 Å². The van der Waals surface area contributed by atoms with Gasteiger partial charge in [-0.15, -0.1) is 0 Å². The number of para-hydroxylation sites is 1. The summed E-state index contributed by atoms with van der Waals surface area (Å²) in [5, 5.41) is 4.36. The van der Waals surface area contributed by atoms with Crippen LogP contribution >= 0.6 is 11.6 Å². The molecule has 1 N–H and O–H groups in total. The van der Waals surface area contributed by atoms with Crippen molar-refractivity contribution in [1.82, 2.24) is 5.32 Å². The summed E-state index contributed by atoms with van der Waals surface area (Å²) in [6, 6.07) is 17.2. The Balaban J connectivity index is 1.84. The number of nitrogens with one attached hydrogen (secondary N) is 1. The Morgan fingerprint density at radius 2 is 1.68 bits per heavy atom. The lowest BCUT2D eigenvalue weighted by molar-refractivity contribution is -0.405. The first kappa shape index (κ1) is 25.9. The fourth-order valence-electron chi connectivity index (χ4n) is 4.54. The van der Waals surface area contributed by atoms with Gasteiger partial charge in [0.25, 0.3) is 0 Å². The molecule has 34 heavy (non-hydrogen) atoms. The Morgan fingerprint density at radius 1 is 1.00 bits per heavy atom. The van der Waals surface area contributed by atoms with E-state index in [0.29, 0.717) is 0 Å². The van der Waals surface area contributed by atoms with Crippen LogP contribution in [0.2, 0.25) is 0 Å². The molecule has 0 saturated carbocycles. The van der Waals surface area contributed by atoms with Gasteiger partial charge >= 0.3 is 0 Å². The fourth-order valence-corrected chi connectivity index (χ4v) is 4.85. The van der Waals surface area contributed by atoms with E-state index in [1.807, 2.05) is 7.05 Å². The summed E-state index contributed by atoms with van der Waals surface area (Å²) >= 11 is 6.89. The van der Waals surface area contributed by atoms with Gasteiger partial charge in [0, 0.05) is 29.7 Å². The second-order valence-electron chi connectivity index (χ2n) is 9.19. The standard InChI is InChI=1S/C31H38ClN2/c1-22-12-7-9-16-28(22)31(33-5)24(3)18-20-26-14-11-15-27(30(26)32)21-19-25(4)34(6)29-17-10-8-13-23(29)2/h7-10,12-13,16-21,31,33H,11,14-15H2,1-6H3/q+1/b21-19+,24-18+,26-20+,34-25+. The summed E-state index contributed by atoms with van der Waals surface area (Å²) in [5.41, 5.74) is 10.0. The van der Waals surface area contributed by atoms with Gasteiger partial charge in [0.2, 0.25) is 5.69 Å². The van der Waals surface area contributed by atoms with E-state index in [4.69, 9.17) is 11.6 Å². The highest BCUT2D eigenvalue weighted by atomic mass is 35.5. The molecule has 0 amide bonds. The molecular formula is C31H38ClN2+. The third-order valence-corrected chi connectivity index (χ3v) is 7.26. The van der Waals surface area contributed by atoms with Crippen molar-refractivity contribution in [2.45, 2.75) is 53.0 Å². The van der Waals surface area contributed by atoms with Crippen LogP contribution in [0, 0.1) is 13.8 Å². The molecule has 0 heterocycles. The number of hydrogen-bond acceptors (Lipinski definition) is 1. The maximum absolute atomic E-state index is 6.89. The zero-order valence-corrected chi connectivity index (χ0v) is 22.2. The third kappa shape index (κ3) is 6.25. The van der Waals surface area contributed by atoms with Crippen molar-refractivity contribution in [2.24, 2.45) is 0 Å². The Bertz CT molecular complexity index is 1180. The molecule has 0 aliphatic heterocycles. The first-order valence-corrected chi connectivity index (χ1v) is 12.5. The Hall–Kier alpha value is -2.68. The average Bonchev–Trinajstić information content (AvgIpc) is 2.84. The number of nitrogens with zero attached hydrogens (tertiary/aromatic N) is 1. The predicted octanol–water partition coefficient (Wildman–Crippen LogP) is 8.10. The molecule has 178 valence electrons. The van der Waals surface area contributed by atoms with Gasteiger partial charge in [0.05, 0.1) is 6.04 Å². The van der Waals surface area contributed by atoms with Crippen LogP contribution in [0.15, 0.2) is 94.6 Å². The van der Waals surface area contributed by atoms with Crippen LogP contribution in [-0.2, 0) is 0 Å². The number of benzene rings is 2. The summed E-state index contributed by atoms with van der Waals surface area (Å²) in [7, 11) is 4.13. The van der Waals surface area contributed by atoms with Gasteiger partial charge in [-0.3, -0.25) is 0 Å². The summed E-state index contributed by atoms with van der Waals surface area (Å²) in [5.74, 6) is 0. The topological polar surface area (TPSA) is 15.0 Å². The van der Waals surface area contributed by atoms with Crippen LogP contribution in [0.4, 0.5) is 5.69 Å². The molecule has 0 saturated heterocycles. The molecule has 0 aromatic heterocycles. The number of halogens is 1. The van der Waals surface area contributed by atoms with Crippen molar-refractivity contribution in [3.8, 4) is 0 Å². The van der Waals surface area contributed by atoms with E-state index in [1.54, 1.807) is 0 Å². The normalized spacial score (nSPS) is 18.0. The molecule has 3 heteroatoms. The van der Waals surface area contributed by atoms with Crippen LogP contribution in [0.25, 0.3) is 0 Å². The van der Waals surface area contributed by atoms with Crippen molar-refractivity contribution in [3.63, 3.8) is 0 Å². The lowest BCUT2D eigenvalue weighted by Gasteiger charge is -2.20. The molecule has 0 fully saturated rings. The quantitative estimate of drug-likeness (QED) is 0.317. The molecule has 1 atom stereocenters. The second kappa shape index (κ2) is 12.1. The lowest BCUT2D eigenvalue weighted by Crippen LogP contribution is -2.18. The smallest absolute Gasteiger partial charge is 0.208 e. The van der Waals surface area contributed by atoms with Crippen molar-refractivity contribution in [2.75, 3.05) is 14.1 Å². The van der Waals surface area contributed by atoms with E-state index in [1.165, 1.54) is 44.8 Å². The van der Waals surface area contributed by atoms with E-state index in [-0.39, 0.29) is 6.04 Å². The number of likely N-dealkylation sites (N-methyl/N-ethyl adjacent to an activating group) is 1. The summed E-state index contributed by atoms with van der Waals surface area (Å²) < 4.78 is 2.23. The largest absolute Gasteiger partial charge is 0.310 e. The molecule has 2 aromatic rings. The molecule has 3 rings (SSSR count). The van der Waals surface area contributed by atoms with Gasteiger partial charge in [0.1, 0.15) is 7.05 Å². The highest BCUT2D eigenvalue weighted by Gasteiger charge is 2.16. The molecule has 1 aliphatic carbocycles. The molecule has 1 unspecified atom stereocenters. The molecule has 0 radical (unpaired) electrons. The Labute approximate surface area is 211 Å². The zero-order valence-electron chi connectivity index (χ0n) is 21.5. The van der Waals surface area contributed by atoms with Gasteiger partial charge in [0.15, 0.2) is 5.71 Å².